The van der Waals surface area contributed by atoms with Crippen LogP contribution in [0.2, 0.25) is 0 Å². The van der Waals surface area contributed by atoms with Crippen LogP contribution < -0.4 is 9.64 Å². The average molecular weight is 499 g/mol. The summed E-state index contributed by atoms with van der Waals surface area (Å²) in [6.07, 6.45) is 4.10. The van der Waals surface area contributed by atoms with E-state index in [1.165, 1.54) is 11.5 Å². The fourth-order valence-corrected chi connectivity index (χ4v) is 5.22. The Morgan fingerprint density at radius 3 is 2.77 bits per heavy atom. The van der Waals surface area contributed by atoms with Crippen molar-refractivity contribution in [3.63, 3.8) is 0 Å². The lowest BCUT2D eigenvalue weighted by molar-refractivity contribution is -0.187. The number of carbonyl (C=O) groups is 1. The van der Waals surface area contributed by atoms with Gasteiger partial charge in [0.15, 0.2) is 5.79 Å². The van der Waals surface area contributed by atoms with Gasteiger partial charge in [-0.25, -0.2) is 4.98 Å². The Morgan fingerprint density at radius 2 is 2.03 bits per heavy atom. The summed E-state index contributed by atoms with van der Waals surface area (Å²) >= 11 is 1.34. The number of furan rings is 1. The average Bonchev–Trinajstić information content (AvgIpc) is 3.66. The van der Waals surface area contributed by atoms with Gasteiger partial charge in [0.1, 0.15) is 17.3 Å². The Kier molecular flexibility index (Phi) is 7.31. The third-order valence-corrected chi connectivity index (χ3v) is 7.25. The number of methoxy groups -OCH3 is 1. The molecule has 0 radical (unpaired) electrons. The molecule has 2 fully saturated rings. The van der Waals surface area contributed by atoms with Crippen LogP contribution in [0, 0.1) is 0 Å². The molecule has 35 heavy (non-hydrogen) atoms. The number of benzene rings is 1. The van der Waals surface area contributed by atoms with Gasteiger partial charge in [-0.15, -0.1) is 0 Å². The van der Waals surface area contributed by atoms with Gasteiger partial charge in [-0.1, -0.05) is 12.1 Å². The Balaban J connectivity index is 1.22. The highest BCUT2D eigenvalue weighted by Gasteiger charge is 2.40. The Morgan fingerprint density at radius 1 is 1.20 bits per heavy atom. The summed E-state index contributed by atoms with van der Waals surface area (Å²) in [5, 5.41) is 0.775. The summed E-state index contributed by atoms with van der Waals surface area (Å²) in [6.45, 7) is 3.64. The minimum atomic E-state index is -0.478. The van der Waals surface area contributed by atoms with Crippen LogP contribution in [0.5, 0.6) is 5.75 Å². The van der Waals surface area contributed by atoms with Crippen molar-refractivity contribution < 1.29 is 23.4 Å². The number of anilines is 1. The van der Waals surface area contributed by atoms with Crippen molar-refractivity contribution in [2.24, 2.45) is 0 Å². The lowest BCUT2D eigenvalue weighted by Crippen LogP contribution is -2.47. The van der Waals surface area contributed by atoms with E-state index in [-0.39, 0.29) is 5.91 Å². The molecule has 2 aromatic heterocycles. The van der Waals surface area contributed by atoms with Gasteiger partial charge in [0.25, 0.3) is 0 Å². The van der Waals surface area contributed by atoms with Crippen molar-refractivity contribution in [2.45, 2.75) is 38.0 Å². The van der Waals surface area contributed by atoms with E-state index in [4.69, 9.17) is 23.6 Å². The number of hydrogen-bond acceptors (Lipinski definition) is 9. The van der Waals surface area contributed by atoms with E-state index in [0.717, 1.165) is 40.9 Å². The maximum absolute atomic E-state index is 13.0. The van der Waals surface area contributed by atoms with Crippen molar-refractivity contribution >= 4 is 22.6 Å². The molecule has 0 bridgehead atoms. The van der Waals surface area contributed by atoms with E-state index in [0.29, 0.717) is 52.2 Å². The topological polar surface area (TPSA) is 90.2 Å². The second-order valence-electron chi connectivity index (χ2n) is 8.76. The van der Waals surface area contributed by atoms with Gasteiger partial charge in [-0.05, 0) is 29.8 Å². The molecule has 1 spiro atoms. The number of hydrogen-bond donors (Lipinski definition) is 0. The molecule has 2 aliphatic heterocycles. The number of piperidine rings is 1. The molecule has 0 atom stereocenters. The molecule has 1 amide bonds. The maximum atomic E-state index is 13.0. The zero-order valence-corrected chi connectivity index (χ0v) is 20.7. The van der Waals surface area contributed by atoms with E-state index >= 15 is 0 Å². The molecule has 5 rings (SSSR count). The molecule has 1 aromatic carbocycles. The lowest BCUT2D eigenvalue weighted by Gasteiger charge is -2.37. The molecule has 186 valence electrons. The molecule has 0 unspecified atom stereocenters. The van der Waals surface area contributed by atoms with Gasteiger partial charge >= 0.3 is 0 Å². The fraction of sp³-hybridized carbons (Fsp3) is 0.480. The monoisotopic (exact) mass is 498 g/mol. The van der Waals surface area contributed by atoms with Crippen molar-refractivity contribution in [3.05, 3.63) is 59.8 Å². The first-order valence-electron chi connectivity index (χ1n) is 11.9. The van der Waals surface area contributed by atoms with Crippen LogP contribution in [0.4, 0.5) is 5.13 Å². The van der Waals surface area contributed by atoms with Crippen molar-refractivity contribution in [1.82, 2.24) is 14.3 Å². The van der Waals surface area contributed by atoms with Crippen molar-refractivity contribution in [1.29, 1.82) is 0 Å². The number of amides is 1. The lowest BCUT2D eigenvalue weighted by atomic mass is 10.0. The van der Waals surface area contributed by atoms with E-state index in [2.05, 4.69) is 9.27 Å². The molecular formula is C25H30N4O5S. The number of likely N-dealkylation sites (tertiary alicyclic amines) is 1. The maximum Gasteiger partial charge on any atom is 0.224 e. The van der Waals surface area contributed by atoms with Crippen LogP contribution in [0.15, 0.2) is 47.1 Å². The number of aromatic nitrogens is 2. The quantitative estimate of drug-likeness (QED) is 0.443. The second kappa shape index (κ2) is 10.8. The third-order valence-electron chi connectivity index (χ3n) is 6.44. The normalized spacial score (nSPS) is 17.1. The summed E-state index contributed by atoms with van der Waals surface area (Å²) in [4.78, 5) is 21.7. The first-order chi connectivity index (χ1) is 17.1. The fourth-order valence-electron chi connectivity index (χ4n) is 4.51. The first kappa shape index (κ1) is 23.8. The first-order valence-corrected chi connectivity index (χ1v) is 12.7. The second-order valence-corrected chi connectivity index (χ2v) is 9.49. The minimum absolute atomic E-state index is 0.128. The van der Waals surface area contributed by atoms with Gasteiger partial charge in [0.05, 0.1) is 33.1 Å². The van der Waals surface area contributed by atoms with E-state index in [9.17, 15) is 4.79 Å². The molecule has 4 heterocycles. The zero-order valence-electron chi connectivity index (χ0n) is 19.9. The summed E-state index contributed by atoms with van der Waals surface area (Å²) in [6, 6.07) is 11.7. The van der Waals surface area contributed by atoms with Crippen LogP contribution in [0.1, 0.15) is 36.4 Å². The number of rotatable bonds is 9. The standard InChI is InChI=1S/C25H30N4O5S/c1-31-20-5-2-4-19(16-20)17-22-26-24(35-27-22)29(18-21-6-3-13-32-21)10-7-23(30)28-11-8-25(9-12-28)33-14-15-34-25/h2-6,13,16H,7-12,14-15,17-18H2,1H3. The predicted octanol–water partition coefficient (Wildman–Crippen LogP) is 3.49. The van der Waals surface area contributed by atoms with Crippen LogP contribution in [0.3, 0.4) is 0 Å². The van der Waals surface area contributed by atoms with Gasteiger partial charge < -0.3 is 28.4 Å². The van der Waals surface area contributed by atoms with Crippen LogP contribution in [-0.4, -0.2) is 65.9 Å². The van der Waals surface area contributed by atoms with Gasteiger partial charge in [0, 0.05) is 56.9 Å². The third kappa shape index (κ3) is 5.83. The highest BCUT2D eigenvalue weighted by atomic mass is 32.1. The number of carbonyl (C=O) groups excluding carboxylic acids is 1. The number of ether oxygens (including phenoxy) is 3. The van der Waals surface area contributed by atoms with Crippen molar-refractivity contribution in [2.75, 3.05) is 44.9 Å². The Hall–Kier alpha value is -2.95. The number of nitrogens with zero attached hydrogens (tertiary/aromatic N) is 4. The summed E-state index contributed by atoms with van der Waals surface area (Å²) < 4.78 is 27.0. The molecule has 2 saturated heterocycles. The zero-order chi connectivity index (χ0) is 24.1. The van der Waals surface area contributed by atoms with E-state index in [1.807, 2.05) is 41.3 Å². The highest BCUT2D eigenvalue weighted by molar-refractivity contribution is 7.09. The highest BCUT2D eigenvalue weighted by Crippen LogP contribution is 2.31. The van der Waals surface area contributed by atoms with Gasteiger partial charge in [-0.2, -0.15) is 4.37 Å². The molecule has 9 nitrogen and oxygen atoms in total. The smallest absolute Gasteiger partial charge is 0.224 e. The van der Waals surface area contributed by atoms with E-state index in [1.54, 1.807) is 13.4 Å². The van der Waals surface area contributed by atoms with Crippen LogP contribution in [0.25, 0.3) is 0 Å². The molecule has 0 aliphatic carbocycles. The van der Waals surface area contributed by atoms with Crippen LogP contribution >= 0.6 is 11.5 Å². The summed E-state index contributed by atoms with van der Waals surface area (Å²) in [5.74, 6) is 2.02. The van der Waals surface area contributed by atoms with Gasteiger partial charge in [-0.3, -0.25) is 4.79 Å². The Labute approximate surface area is 208 Å². The largest absolute Gasteiger partial charge is 0.497 e. The molecule has 10 heteroatoms. The minimum Gasteiger partial charge on any atom is -0.497 e. The summed E-state index contributed by atoms with van der Waals surface area (Å²) in [5.41, 5.74) is 1.08. The molecule has 0 N–H and O–H groups in total. The van der Waals surface area contributed by atoms with Crippen molar-refractivity contribution in [3.8, 4) is 5.75 Å². The Bertz CT molecular complexity index is 1100. The molecule has 0 saturated carbocycles. The molecular weight excluding hydrogens is 468 g/mol. The predicted molar refractivity (Wildman–Crippen MR) is 131 cm³/mol. The summed E-state index contributed by atoms with van der Waals surface area (Å²) in [7, 11) is 1.66. The molecule has 2 aliphatic rings. The van der Waals surface area contributed by atoms with Crippen LogP contribution in [-0.2, 0) is 27.2 Å². The van der Waals surface area contributed by atoms with Gasteiger partial charge in [0.2, 0.25) is 11.0 Å². The molecule has 3 aromatic rings. The van der Waals surface area contributed by atoms with E-state index < -0.39 is 5.79 Å². The SMILES string of the molecule is COc1cccc(Cc2nsc(N(CCC(=O)N3CCC4(CC3)OCCO4)Cc3ccco3)n2)c1.